The number of aryl methyl sites for hydroxylation is 2. The van der Waals surface area contributed by atoms with Gasteiger partial charge in [-0.2, -0.15) is 0 Å². The van der Waals surface area contributed by atoms with Crippen LogP contribution in [0.25, 0.3) is 6.08 Å². The van der Waals surface area contributed by atoms with Crippen LogP contribution in [0.1, 0.15) is 120 Å². The Hall–Kier alpha value is -2.63. The number of carbonyl (C=O) groups is 1. The zero-order chi connectivity index (χ0) is 29.8. The fraction of sp³-hybridized carbons (Fsp3) is 0.571. The summed E-state index contributed by atoms with van der Waals surface area (Å²) in [5, 5.41) is 30.0. The van der Waals surface area contributed by atoms with Crippen molar-refractivity contribution in [1.82, 2.24) is 0 Å². The van der Waals surface area contributed by atoms with E-state index in [9.17, 15) is 15.0 Å². The van der Waals surface area contributed by atoms with Crippen molar-refractivity contribution in [2.24, 2.45) is 0 Å². The quantitative estimate of drug-likeness (QED) is 0.163. The lowest BCUT2D eigenvalue weighted by Gasteiger charge is -2.34. The van der Waals surface area contributed by atoms with Gasteiger partial charge in [0.1, 0.15) is 12.4 Å². The third kappa shape index (κ3) is 9.21. The number of aliphatic carboxylic acids is 1. The molecule has 0 saturated heterocycles. The number of benzene rings is 2. The van der Waals surface area contributed by atoms with E-state index in [-0.39, 0.29) is 24.9 Å². The van der Waals surface area contributed by atoms with Gasteiger partial charge in [0.25, 0.3) is 0 Å². The van der Waals surface area contributed by atoms with Crippen LogP contribution in [0.2, 0.25) is 0 Å². The molecule has 0 bridgehead atoms. The molecule has 5 heteroatoms. The van der Waals surface area contributed by atoms with Gasteiger partial charge in [-0.15, -0.1) is 0 Å². The number of hydrogen-bond donors (Lipinski definition) is 3. The van der Waals surface area contributed by atoms with E-state index in [0.717, 1.165) is 43.2 Å². The van der Waals surface area contributed by atoms with E-state index in [0.29, 0.717) is 12.2 Å². The number of ether oxygens (including phenoxy) is 1. The molecule has 3 N–H and O–H groups in total. The second-order valence-corrected chi connectivity index (χ2v) is 11.3. The van der Waals surface area contributed by atoms with Gasteiger partial charge < -0.3 is 20.1 Å². The SMILES string of the molecule is CCCCCCC(O)(/C=C/c1ccc(C(CC)(CC)c2ccc(OC[C@@H](O)CCC(=O)O)c(C)c2)cc1C)CC. The van der Waals surface area contributed by atoms with Crippen molar-refractivity contribution in [3.63, 3.8) is 0 Å². The maximum atomic E-state index is 11.1. The van der Waals surface area contributed by atoms with E-state index in [1.165, 1.54) is 29.5 Å². The Balaban J connectivity index is 2.25. The summed E-state index contributed by atoms with van der Waals surface area (Å²) in [4.78, 5) is 10.7. The van der Waals surface area contributed by atoms with Crippen LogP contribution in [0.15, 0.2) is 42.5 Å². The molecule has 0 heterocycles. The molecule has 0 amide bonds. The van der Waals surface area contributed by atoms with Gasteiger partial charge in [-0.25, -0.2) is 0 Å². The Morgan fingerprint density at radius 1 is 0.925 bits per heavy atom. The highest BCUT2D eigenvalue weighted by atomic mass is 16.5. The highest BCUT2D eigenvalue weighted by Crippen LogP contribution is 2.41. The second-order valence-electron chi connectivity index (χ2n) is 11.3. The largest absolute Gasteiger partial charge is 0.491 e. The van der Waals surface area contributed by atoms with Gasteiger partial charge in [-0.05, 0) is 79.8 Å². The molecule has 0 aliphatic carbocycles. The monoisotopic (exact) mass is 552 g/mol. The van der Waals surface area contributed by atoms with Crippen LogP contribution < -0.4 is 4.74 Å². The van der Waals surface area contributed by atoms with Crippen molar-refractivity contribution in [1.29, 1.82) is 0 Å². The molecule has 0 aromatic heterocycles. The van der Waals surface area contributed by atoms with Gasteiger partial charge in [0.05, 0.1) is 11.7 Å². The Kier molecular flexibility index (Phi) is 13.4. The van der Waals surface area contributed by atoms with Gasteiger partial charge in [-0.3, -0.25) is 4.79 Å². The second kappa shape index (κ2) is 16.0. The number of aliphatic hydroxyl groups is 2. The van der Waals surface area contributed by atoms with Gasteiger partial charge in [0.15, 0.2) is 0 Å². The van der Waals surface area contributed by atoms with E-state index in [2.05, 4.69) is 71.0 Å². The standard InChI is InChI=1S/C35H52O5/c1-7-11-12-13-21-34(39,8-2)22-20-28-14-15-29(23-26(28)5)35(9-3,10-4)30-16-18-32(27(6)24-30)40-25-31(36)17-19-33(37)38/h14-16,18,20,22-24,31,36,39H,7-13,17,19,21,25H2,1-6H3,(H,37,38)/b22-20+/t31-,34?/m0/s1. The van der Waals surface area contributed by atoms with Crippen LogP contribution in [-0.4, -0.2) is 39.6 Å². The predicted molar refractivity (Wildman–Crippen MR) is 165 cm³/mol. The lowest BCUT2D eigenvalue weighted by molar-refractivity contribution is -0.137. The first-order valence-corrected chi connectivity index (χ1v) is 15.2. The minimum atomic E-state index is -0.922. The molecule has 0 spiro atoms. The van der Waals surface area contributed by atoms with E-state index < -0.39 is 17.7 Å². The molecule has 222 valence electrons. The Labute approximate surface area is 242 Å². The molecule has 0 radical (unpaired) electrons. The van der Waals surface area contributed by atoms with Crippen molar-refractivity contribution in [3.05, 3.63) is 70.3 Å². The fourth-order valence-corrected chi connectivity index (χ4v) is 5.54. The summed E-state index contributed by atoms with van der Waals surface area (Å²) in [6.45, 7) is 12.9. The summed E-state index contributed by atoms with van der Waals surface area (Å²) in [5.41, 5.74) is 4.90. The Bertz CT molecular complexity index is 1100. The zero-order valence-electron chi connectivity index (χ0n) is 25.6. The highest BCUT2D eigenvalue weighted by Gasteiger charge is 2.31. The van der Waals surface area contributed by atoms with E-state index in [1.807, 2.05) is 19.1 Å². The third-order valence-electron chi connectivity index (χ3n) is 8.53. The normalized spacial score (nSPS) is 14.3. The van der Waals surface area contributed by atoms with Crippen LogP contribution in [0.3, 0.4) is 0 Å². The number of rotatable bonds is 18. The summed E-state index contributed by atoms with van der Waals surface area (Å²) >= 11 is 0. The number of carboxylic acid groups (broad SMARTS) is 1. The molecule has 5 nitrogen and oxygen atoms in total. The molecule has 2 aromatic carbocycles. The van der Waals surface area contributed by atoms with Gasteiger partial charge in [-0.1, -0.05) is 95.9 Å². The first-order chi connectivity index (χ1) is 19.0. The maximum Gasteiger partial charge on any atom is 0.303 e. The average Bonchev–Trinajstić information content (AvgIpc) is 2.94. The molecule has 40 heavy (non-hydrogen) atoms. The maximum absolute atomic E-state index is 11.1. The summed E-state index contributed by atoms with van der Waals surface area (Å²) in [6, 6.07) is 12.9. The van der Waals surface area contributed by atoms with Crippen LogP contribution >= 0.6 is 0 Å². The van der Waals surface area contributed by atoms with E-state index >= 15 is 0 Å². The van der Waals surface area contributed by atoms with Crippen LogP contribution in [-0.2, 0) is 10.2 Å². The highest BCUT2D eigenvalue weighted by molar-refractivity contribution is 5.66. The van der Waals surface area contributed by atoms with E-state index in [4.69, 9.17) is 9.84 Å². The Morgan fingerprint density at radius 2 is 1.57 bits per heavy atom. The predicted octanol–water partition coefficient (Wildman–Crippen LogP) is 8.14. The fourth-order valence-electron chi connectivity index (χ4n) is 5.54. The summed E-state index contributed by atoms with van der Waals surface area (Å²) < 4.78 is 5.84. The average molecular weight is 553 g/mol. The van der Waals surface area contributed by atoms with E-state index in [1.54, 1.807) is 0 Å². The lowest BCUT2D eigenvalue weighted by atomic mass is 9.70. The lowest BCUT2D eigenvalue weighted by Crippen LogP contribution is -2.26. The number of hydrogen-bond acceptors (Lipinski definition) is 4. The molecule has 0 saturated carbocycles. The van der Waals surface area contributed by atoms with Crippen molar-refractivity contribution < 1.29 is 24.9 Å². The van der Waals surface area contributed by atoms with Crippen LogP contribution in [0.4, 0.5) is 0 Å². The molecule has 2 atom stereocenters. The molecule has 1 unspecified atom stereocenters. The molecule has 2 aromatic rings. The van der Waals surface area contributed by atoms with Crippen molar-refractivity contribution >= 4 is 12.0 Å². The number of carboxylic acids is 1. The Morgan fingerprint density at radius 3 is 2.12 bits per heavy atom. The molecule has 0 aliphatic rings. The van der Waals surface area contributed by atoms with Crippen molar-refractivity contribution in [2.45, 2.75) is 123 Å². The summed E-state index contributed by atoms with van der Waals surface area (Å²) in [7, 11) is 0. The molecule has 0 aliphatic heterocycles. The van der Waals surface area contributed by atoms with Gasteiger partial charge in [0, 0.05) is 11.8 Å². The first-order valence-electron chi connectivity index (χ1n) is 15.2. The van der Waals surface area contributed by atoms with Crippen LogP contribution in [0, 0.1) is 13.8 Å². The van der Waals surface area contributed by atoms with Crippen molar-refractivity contribution in [2.75, 3.05) is 6.61 Å². The number of unbranched alkanes of at least 4 members (excludes halogenated alkanes) is 3. The minimum absolute atomic E-state index is 0.0697. The van der Waals surface area contributed by atoms with Crippen molar-refractivity contribution in [3.8, 4) is 5.75 Å². The molecule has 0 fully saturated rings. The third-order valence-corrected chi connectivity index (χ3v) is 8.53. The topological polar surface area (TPSA) is 87.0 Å². The number of aliphatic hydroxyl groups excluding tert-OH is 1. The zero-order valence-corrected chi connectivity index (χ0v) is 25.6. The smallest absolute Gasteiger partial charge is 0.303 e. The minimum Gasteiger partial charge on any atom is -0.491 e. The van der Waals surface area contributed by atoms with Crippen LogP contribution in [0.5, 0.6) is 5.75 Å². The van der Waals surface area contributed by atoms with Gasteiger partial charge >= 0.3 is 5.97 Å². The molecule has 2 rings (SSSR count). The summed E-state index contributed by atoms with van der Waals surface area (Å²) in [5.74, 6) is -0.219. The summed E-state index contributed by atoms with van der Waals surface area (Å²) in [6.07, 6.45) is 11.4. The van der Waals surface area contributed by atoms with Gasteiger partial charge in [0.2, 0.25) is 0 Å². The first kappa shape index (κ1) is 33.6. The molecular weight excluding hydrogens is 500 g/mol. The molecular formula is C35H52O5.